The number of piperazine rings is 1. The number of imidazole rings is 1. The molecule has 1 N–H and O–H groups in total. The van der Waals surface area contributed by atoms with E-state index in [1.807, 2.05) is 59.2 Å². The molecule has 0 aliphatic carbocycles. The quantitative estimate of drug-likeness (QED) is 0.754. The normalized spacial score (nSPS) is 17.4. The first-order chi connectivity index (χ1) is 12.7. The van der Waals surface area contributed by atoms with Gasteiger partial charge in [-0.1, -0.05) is 35.5 Å². The lowest BCUT2D eigenvalue weighted by atomic mass is 10.1. The summed E-state index contributed by atoms with van der Waals surface area (Å²) in [7, 11) is 1.95. The van der Waals surface area contributed by atoms with Crippen molar-refractivity contribution in [3.8, 4) is 11.3 Å². The minimum atomic E-state index is -0.0756. The lowest BCUT2D eigenvalue weighted by Crippen LogP contribution is -2.50. The monoisotopic (exact) mass is 351 g/mol. The minimum Gasteiger partial charge on any atom is -0.336 e. The minimum absolute atomic E-state index is 0.0176. The largest absolute Gasteiger partial charge is 0.336 e. The van der Waals surface area contributed by atoms with Crippen LogP contribution in [0.15, 0.2) is 48.9 Å². The molecule has 1 fully saturated rings. The Morgan fingerprint density at radius 2 is 2.15 bits per heavy atom. The van der Waals surface area contributed by atoms with Crippen LogP contribution in [0.4, 0.5) is 0 Å². The predicted octanol–water partition coefficient (Wildman–Crippen LogP) is 0.852. The van der Waals surface area contributed by atoms with Gasteiger partial charge in [0.2, 0.25) is 5.91 Å². The molecule has 2 aromatic heterocycles. The Labute approximate surface area is 151 Å². The van der Waals surface area contributed by atoms with Crippen molar-refractivity contribution in [3.05, 3.63) is 54.7 Å². The zero-order valence-electron chi connectivity index (χ0n) is 14.6. The lowest BCUT2D eigenvalue weighted by Gasteiger charge is -2.35. The van der Waals surface area contributed by atoms with Crippen molar-refractivity contribution < 1.29 is 4.79 Å². The van der Waals surface area contributed by atoms with Crippen LogP contribution in [0.25, 0.3) is 11.3 Å². The van der Waals surface area contributed by atoms with Crippen LogP contribution in [-0.2, 0) is 18.4 Å². The highest BCUT2D eigenvalue weighted by Crippen LogP contribution is 2.21. The van der Waals surface area contributed by atoms with Gasteiger partial charge in [-0.3, -0.25) is 4.79 Å². The van der Waals surface area contributed by atoms with Crippen LogP contribution in [0.5, 0.6) is 0 Å². The Balaban J connectivity index is 1.50. The Kier molecular flexibility index (Phi) is 4.49. The van der Waals surface area contributed by atoms with Crippen LogP contribution in [0, 0.1) is 0 Å². The van der Waals surface area contributed by atoms with Crippen LogP contribution in [-0.4, -0.2) is 55.0 Å². The molecule has 3 heterocycles. The molecule has 1 amide bonds. The van der Waals surface area contributed by atoms with Crippen molar-refractivity contribution in [1.29, 1.82) is 0 Å². The van der Waals surface area contributed by atoms with E-state index in [1.54, 1.807) is 10.9 Å². The summed E-state index contributed by atoms with van der Waals surface area (Å²) in [6.45, 7) is 2.29. The molecule has 8 nitrogen and oxygen atoms in total. The first-order valence-electron chi connectivity index (χ1n) is 8.65. The van der Waals surface area contributed by atoms with E-state index in [0.29, 0.717) is 13.1 Å². The smallest absolute Gasteiger partial charge is 0.245 e. The van der Waals surface area contributed by atoms with E-state index in [2.05, 4.69) is 20.6 Å². The highest BCUT2D eigenvalue weighted by Gasteiger charge is 2.30. The van der Waals surface area contributed by atoms with Gasteiger partial charge in [-0.05, 0) is 0 Å². The summed E-state index contributed by atoms with van der Waals surface area (Å²) in [5.74, 6) is 0.901. The molecule has 1 unspecified atom stereocenters. The molecule has 1 aromatic carbocycles. The first-order valence-corrected chi connectivity index (χ1v) is 8.65. The Bertz CT molecular complexity index is 886. The molecule has 26 heavy (non-hydrogen) atoms. The van der Waals surface area contributed by atoms with Crippen LogP contribution in [0.3, 0.4) is 0 Å². The third kappa shape index (κ3) is 3.23. The molecule has 0 radical (unpaired) electrons. The van der Waals surface area contributed by atoms with Gasteiger partial charge in [-0.15, -0.1) is 5.10 Å². The molecule has 8 heteroatoms. The number of hydrogen-bond donors (Lipinski definition) is 1. The number of aryl methyl sites for hydroxylation is 1. The maximum Gasteiger partial charge on any atom is 0.245 e. The fraction of sp³-hybridized carbons (Fsp3) is 0.333. The van der Waals surface area contributed by atoms with E-state index < -0.39 is 0 Å². The summed E-state index contributed by atoms with van der Waals surface area (Å²) in [6, 6.07) is 9.75. The summed E-state index contributed by atoms with van der Waals surface area (Å²) in [5.41, 5.74) is 1.75. The molecule has 0 spiro atoms. The van der Waals surface area contributed by atoms with Crippen molar-refractivity contribution in [3.63, 3.8) is 0 Å². The Morgan fingerprint density at radius 3 is 2.92 bits per heavy atom. The van der Waals surface area contributed by atoms with E-state index in [0.717, 1.165) is 23.6 Å². The molecule has 0 saturated carbocycles. The van der Waals surface area contributed by atoms with E-state index in [-0.39, 0.29) is 18.5 Å². The summed E-state index contributed by atoms with van der Waals surface area (Å²) in [5, 5.41) is 11.6. The first kappa shape index (κ1) is 16.5. The van der Waals surface area contributed by atoms with Gasteiger partial charge in [0.05, 0.1) is 6.20 Å². The number of carbonyl (C=O) groups is 1. The molecule has 1 atom stereocenters. The number of aromatic nitrogens is 5. The third-order valence-electron chi connectivity index (χ3n) is 4.63. The molecular formula is C18H21N7O. The van der Waals surface area contributed by atoms with Gasteiger partial charge < -0.3 is 14.8 Å². The van der Waals surface area contributed by atoms with Gasteiger partial charge >= 0.3 is 0 Å². The summed E-state index contributed by atoms with van der Waals surface area (Å²) in [6.07, 6.45) is 5.47. The topological polar surface area (TPSA) is 80.9 Å². The van der Waals surface area contributed by atoms with Crippen LogP contribution in [0.1, 0.15) is 11.9 Å². The van der Waals surface area contributed by atoms with Crippen LogP contribution in [0.2, 0.25) is 0 Å². The zero-order chi connectivity index (χ0) is 17.9. The average Bonchev–Trinajstić information content (AvgIpc) is 3.31. The molecule has 1 saturated heterocycles. The number of benzene rings is 1. The molecule has 134 valence electrons. The number of carbonyl (C=O) groups excluding carboxylic acids is 1. The fourth-order valence-electron chi connectivity index (χ4n) is 3.28. The zero-order valence-corrected chi connectivity index (χ0v) is 14.6. The highest BCUT2D eigenvalue weighted by molar-refractivity contribution is 5.76. The molecule has 1 aliphatic rings. The van der Waals surface area contributed by atoms with Crippen molar-refractivity contribution >= 4 is 5.91 Å². The van der Waals surface area contributed by atoms with Gasteiger partial charge in [0.25, 0.3) is 0 Å². The van der Waals surface area contributed by atoms with Crippen LogP contribution >= 0.6 is 0 Å². The number of nitrogens with zero attached hydrogens (tertiary/aromatic N) is 6. The Morgan fingerprint density at radius 1 is 1.31 bits per heavy atom. The lowest BCUT2D eigenvalue weighted by molar-refractivity contribution is -0.135. The summed E-state index contributed by atoms with van der Waals surface area (Å²) in [4.78, 5) is 19.2. The van der Waals surface area contributed by atoms with E-state index in [1.165, 1.54) is 0 Å². The number of rotatable bonds is 4. The van der Waals surface area contributed by atoms with Gasteiger partial charge in [0.15, 0.2) is 0 Å². The van der Waals surface area contributed by atoms with Gasteiger partial charge in [-0.25, -0.2) is 9.67 Å². The second kappa shape index (κ2) is 7.09. The second-order valence-electron chi connectivity index (χ2n) is 6.37. The fourth-order valence-corrected chi connectivity index (χ4v) is 3.28. The van der Waals surface area contributed by atoms with Crippen molar-refractivity contribution in [2.45, 2.75) is 12.6 Å². The van der Waals surface area contributed by atoms with E-state index >= 15 is 0 Å². The number of amides is 1. The molecule has 4 rings (SSSR count). The van der Waals surface area contributed by atoms with Crippen molar-refractivity contribution in [2.24, 2.45) is 7.05 Å². The molecule has 0 bridgehead atoms. The average molecular weight is 351 g/mol. The second-order valence-corrected chi connectivity index (χ2v) is 6.37. The Hall–Kier alpha value is -3.00. The summed E-state index contributed by atoms with van der Waals surface area (Å²) < 4.78 is 3.56. The van der Waals surface area contributed by atoms with E-state index in [4.69, 9.17) is 0 Å². The van der Waals surface area contributed by atoms with Gasteiger partial charge in [0.1, 0.15) is 24.1 Å². The highest BCUT2D eigenvalue weighted by atomic mass is 16.2. The van der Waals surface area contributed by atoms with Crippen LogP contribution < -0.4 is 5.32 Å². The number of hydrogen-bond acceptors (Lipinski definition) is 5. The standard InChI is InChI=1S/C18H21N7O/c1-23-9-8-20-18(23)16-11-19-7-10-25(16)17(26)13-24-12-15(21-22-24)14-5-3-2-4-6-14/h2-6,8-9,12,16,19H,7,10-11,13H2,1H3. The maximum absolute atomic E-state index is 12.9. The molecular weight excluding hydrogens is 330 g/mol. The summed E-state index contributed by atoms with van der Waals surface area (Å²) >= 11 is 0. The van der Waals surface area contributed by atoms with Gasteiger partial charge in [-0.2, -0.15) is 0 Å². The van der Waals surface area contributed by atoms with Gasteiger partial charge in [0, 0.05) is 44.6 Å². The third-order valence-corrected chi connectivity index (χ3v) is 4.63. The SMILES string of the molecule is Cn1ccnc1C1CNCCN1C(=O)Cn1cc(-c2ccccc2)nn1. The van der Waals surface area contributed by atoms with E-state index in [9.17, 15) is 4.79 Å². The molecule has 3 aromatic rings. The maximum atomic E-state index is 12.9. The van der Waals surface area contributed by atoms with Crippen molar-refractivity contribution in [2.75, 3.05) is 19.6 Å². The number of nitrogens with one attached hydrogen (secondary N) is 1. The molecule has 1 aliphatic heterocycles. The predicted molar refractivity (Wildman–Crippen MR) is 96.0 cm³/mol. The van der Waals surface area contributed by atoms with Crippen molar-refractivity contribution in [1.82, 2.24) is 34.8 Å².